The predicted octanol–water partition coefficient (Wildman–Crippen LogP) is 5.43. The molecule has 0 fully saturated rings. The molecule has 0 saturated heterocycles. The Hall–Kier alpha value is -2.70. The van der Waals surface area contributed by atoms with Gasteiger partial charge in [-0.1, -0.05) is 36.4 Å². The van der Waals surface area contributed by atoms with Gasteiger partial charge in [-0.3, -0.25) is 4.99 Å². The zero-order valence-electron chi connectivity index (χ0n) is 15.3. The van der Waals surface area contributed by atoms with E-state index in [-0.39, 0.29) is 0 Å². The Bertz CT molecular complexity index is 1190. The van der Waals surface area contributed by atoms with Crippen LogP contribution in [0.5, 0.6) is 0 Å². The van der Waals surface area contributed by atoms with Gasteiger partial charge in [0, 0.05) is 27.5 Å². The Morgan fingerprint density at radius 2 is 2.07 bits per heavy atom. The zero-order chi connectivity index (χ0) is 18.8. The molecule has 1 N–H and O–H groups in total. The molecule has 1 aromatic carbocycles. The number of nitrogens with one attached hydrogen (secondary N) is 1. The van der Waals surface area contributed by atoms with Crippen LogP contribution in [0.4, 0.5) is 0 Å². The number of rotatable bonds is 5. The van der Waals surface area contributed by atoms with Crippen molar-refractivity contribution in [1.29, 1.82) is 0 Å². The summed E-state index contributed by atoms with van der Waals surface area (Å²) in [6, 6.07) is 12.5. The molecule has 4 aromatic rings. The van der Waals surface area contributed by atoms with Gasteiger partial charge in [-0.05, 0) is 31.4 Å². The highest BCUT2D eigenvalue weighted by molar-refractivity contribution is 7.14. The Kier molecular flexibility index (Phi) is 4.92. The maximum absolute atomic E-state index is 4.82. The summed E-state index contributed by atoms with van der Waals surface area (Å²) in [6.45, 7) is 8.62. The van der Waals surface area contributed by atoms with Gasteiger partial charge in [0.1, 0.15) is 0 Å². The lowest BCUT2D eigenvalue weighted by Crippen LogP contribution is -2.12. The molecule has 6 heteroatoms. The molecule has 0 unspecified atom stereocenters. The molecular formula is C21H20N4S2. The Morgan fingerprint density at radius 3 is 2.85 bits per heavy atom. The smallest absolute Gasteiger partial charge is 0.206 e. The molecule has 0 aliphatic rings. The fourth-order valence-electron chi connectivity index (χ4n) is 2.90. The van der Waals surface area contributed by atoms with Crippen LogP contribution in [0.1, 0.15) is 18.2 Å². The molecule has 0 bridgehead atoms. The van der Waals surface area contributed by atoms with Gasteiger partial charge in [-0.15, -0.1) is 22.7 Å². The molecule has 0 aliphatic heterocycles. The van der Waals surface area contributed by atoms with Crippen LogP contribution in [0.15, 0.2) is 69.4 Å². The summed E-state index contributed by atoms with van der Waals surface area (Å²) in [5.41, 5.74) is 5.42. The van der Waals surface area contributed by atoms with Crippen molar-refractivity contribution in [2.75, 3.05) is 6.54 Å². The maximum atomic E-state index is 4.82. The minimum absolute atomic E-state index is 0.603. The van der Waals surface area contributed by atoms with Crippen molar-refractivity contribution >= 4 is 39.8 Å². The fourth-order valence-corrected chi connectivity index (χ4v) is 4.53. The molecule has 0 spiro atoms. The first-order valence-electron chi connectivity index (χ1n) is 8.64. The first-order valence-corrected chi connectivity index (χ1v) is 10.4. The van der Waals surface area contributed by atoms with Gasteiger partial charge < -0.3 is 4.98 Å². The Labute approximate surface area is 165 Å². The minimum atomic E-state index is 0.603. The standard InChI is InChI=1S/C21H20N4S2/c1-14(2)11-22-21-25(19(13-27-21)20-9-6-10-26-20)23-12-17-15(3)24-18-8-5-4-7-16(17)18/h4-10,12-13,24H,1,11H2,2-3H3. The number of para-hydroxylation sites is 1. The second-order valence-corrected chi connectivity index (χ2v) is 8.20. The quantitative estimate of drug-likeness (QED) is 0.348. The third kappa shape index (κ3) is 3.59. The second-order valence-electron chi connectivity index (χ2n) is 6.42. The number of nitrogens with zero attached hydrogens (tertiary/aromatic N) is 3. The van der Waals surface area contributed by atoms with Gasteiger partial charge in [0.05, 0.1) is 23.3 Å². The number of thiazole rings is 1. The first kappa shape index (κ1) is 17.7. The van der Waals surface area contributed by atoms with Crippen LogP contribution >= 0.6 is 22.7 Å². The maximum Gasteiger partial charge on any atom is 0.206 e. The minimum Gasteiger partial charge on any atom is -0.358 e. The monoisotopic (exact) mass is 392 g/mol. The summed E-state index contributed by atoms with van der Waals surface area (Å²) in [7, 11) is 0. The number of benzene rings is 1. The normalized spacial score (nSPS) is 12.4. The van der Waals surface area contributed by atoms with Gasteiger partial charge in [0.25, 0.3) is 0 Å². The van der Waals surface area contributed by atoms with Gasteiger partial charge in [-0.25, -0.2) is 4.68 Å². The van der Waals surface area contributed by atoms with E-state index in [1.165, 1.54) is 10.3 Å². The highest BCUT2D eigenvalue weighted by atomic mass is 32.1. The fraction of sp³-hybridized carbons (Fsp3) is 0.143. The van der Waals surface area contributed by atoms with E-state index in [0.717, 1.165) is 32.8 Å². The van der Waals surface area contributed by atoms with Crippen LogP contribution in [0.3, 0.4) is 0 Å². The number of hydrogen-bond donors (Lipinski definition) is 1. The van der Waals surface area contributed by atoms with E-state index < -0.39 is 0 Å². The van der Waals surface area contributed by atoms with E-state index in [9.17, 15) is 0 Å². The average molecular weight is 393 g/mol. The van der Waals surface area contributed by atoms with Crippen molar-refractivity contribution in [3.05, 3.63) is 75.4 Å². The summed E-state index contributed by atoms with van der Waals surface area (Å²) in [4.78, 5) is 10.2. The summed E-state index contributed by atoms with van der Waals surface area (Å²) in [5, 5.41) is 10.2. The molecule has 136 valence electrons. The molecule has 4 rings (SSSR count). The SMILES string of the molecule is C=C(C)CN=c1scc(-c2cccs2)n1N=Cc1c(C)[nH]c2ccccc12. The third-order valence-corrected chi connectivity index (χ3v) is 5.94. The van der Waals surface area contributed by atoms with E-state index >= 15 is 0 Å². The second kappa shape index (κ2) is 7.50. The van der Waals surface area contributed by atoms with Crippen LogP contribution < -0.4 is 4.80 Å². The van der Waals surface area contributed by atoms with E-state index in [2.05, 4.69) is 64.6 Å². The molecule has 0 radical (unpaired) electrons. The van der Waals surface area contributed by atoms with E-state index in [1.54, 1.807) is 22.7 Å². The molecule has 3 heterocycles. The molecule has 0 saturated carbocycles. The molecule has 0 amide bonds. The van der Waals surface area contributed by atoms with Crippen LogP contribution in [0.2, 0.25) is 0 Å². The van der Waals surface area contributed by atoms with E-state index in [4.69, 9.17) is 5.10 Å². The predicted molar refractivity (Wildman–Crippen MR) is 117 cm³/mol. The highest BCUT2D eigenvalue weighted by Crippen LogP contribution is 2.25. The van der Waals surface area contributed by atoms with Crippen molar-refractivity contribution in [3.63, 3.8) is 0 Å². The number of fused-ring (bicyclic) bond motifs is 1. The summed E-state index contributed by atoms with van der Waals surface area (Å²) >= 11 is 3.31. The molecule has 3 aromatic heterocycles. The van der Waals surface area contributed by atoms with Gasteiger partial charge in [-0.2, -0.15) is 5.10 Å². The number of aromatic nitrogens is 2. The molecule has 0 aliphatic carbocycles. The summed E-state index contributed by atoms with van der Waals surface area (Å²) < 4.78 is 1.93. The molecule has 4 nitrogen and oxygen atoms in total. The van der Waals surface area contributed by atoms with Crippen molar-refractivity contribution < 1.29 is 0 Å². The largest absolute Gasteiger partial charge is 0.358 e. The average Bonchev–Trinajstić information content (AvgIpc) is 3.36. The van der Waals surface area contributed by atoms with E-state index in [1.807, 2.05) is 23.9 Å². The summed E-state index contributed by atoms with van der Waals surface area (Å²) in [6.07, 6.45) is 1.93. The van der Waals surface area contributed by atoms with Crippen LogP contribution in [-0.4, -0.2) is 22.4 Å². The molecule has 27 heavy (non-hydrogen) atoms. The van der Waals surface area contributed by atoms with Crippen molar-refractivity contribution in [2.45, 2.75) is 13.8 Å². The Morgan fingerprint density at radius 1 is 1.22 bits per heavy atom. The number of aryl methyl sites for hydroxylation is 1. The van der Waals surface area contributed by atoms with Crippen molar-refractivity contribution in [3.8, 4) is 10.6 Å². The lowest BCUT2D eigenvalue weighted by atomic mass is 10.1. The third-order valence-electron chi connectivity index (χ3n) is 4.19. The number of H-pyrrole nitrogens is 1. The van der Waals surface area contributed by atoms with E-state index in [0.29, 0.717) is 6.54 Å². The number of hydrogen-bond acceptors (Lipinski definition) is 4. The lowest BCUT2D eigenvalue weighted by molar-refractivity contribution is 0.837. The zero-order valence-corrected chi connectivity index (χ0v) is 16.9. The number of thiophene rings is 1. The van der Waals surface area contributed by atoms with Crippen molar-refractivity contribution in [2.24, 2.45) is 10.1 Å². The van der Waals surface area contributed by atoms with Crippen molar-refractivity contribution in [1.82, 2.24) is 9.66 Å². The molecule has 0 atom stereocenters. The van der Waals surface area contributed by atoms with Gasteiger partial charge in [0.2, 0.25) is 4.80 Å². The van der Waals surface area contributed by atoms with Gasteiger partial charge in [0.15, 0.2) is 0 Å². The van der Waals surface area contributed by atoms with Crippen LogP contribution in [0.25, 0.3) is 21.5 Å². The Balaban J connectivity index is 1.83. The van der Waals surface area contributed by atoms with Crippen LogP contribution in [-0.2, 0) is 0 Å². The topological polar surface area (TPSA) is 45.4 Å². The molecular weight excluding hydrogens is 372 g/mol. The number of aromatic amines is 1. The van der Waals surface area contributed by atoms with Crippen LogP contribution in [0, 0.1) is 6.92 Å². The first-order chi connectivity index (χ1) is 13.1. The highest BCUT2D eigenvalue weighted by Gasteiger charge is 2.10. The summed E-state index contributed by atoms with van der Waals surface area (Å²) in [5.74, 6) is 0. The lowest BCUT2D eigenvalue weighted by Gasteiger charge is -2.01. The van der Waals surface area contributed by atoms with Gasteiger partial charge >= 0.3 is 0 Å².